The molecule has 0 atom stereocenters. The van der Waals surface area contributed by atoms with Gasteiger partial charge in [0.25, 0.3) is 0 Å². The fraction of sp³-hybridized carbons (Fsp3) is 0.625. The van der Waals surface area contributed by atoms with Gasteiger partial charge in [-0.1, -0.05) is 6.58 Å². The SMILES string of the molecule is C=CC(=O)COC(C)(C)C. The molecule has 0 N–H and O–H groups in total. The maximum atomic E-state index is 10.6. The second-order valence-electron chi connectivity index (χ2n) is 3.07. The third-order valence-corrected chi connectivity index (χ3v) is 0.875. The van der Waals surface area contributed by atoms with Crippen LogP contribution in [0.2, 0.25) is 0 Å². The first-order valence-corrected chi connectivity index (χ1v) is 3.25. The topological polar surface area (TPSA) is 26.3 Å². The van der Waals surface area contributed by atoms with Gasteiger partial charge in [0.15, 0.2) is 5.78 Å². The highest BCUT2D eigenvalue weighted by atomic mass is 16.5. The van der Waals surface area contributed by atoms with Crippen molar-refractivity contribution in [2.45, 2.75) is 26.4 Å². The van der Waals surface area contributed by atoms with Crippen LogP contribution >= 0.6 is 0 Å². The van der Waals surface area contributed by atoms with Crippen molar-refractivity contribution in [3.8, 4) is 0 Å². The Morgan fingerprint density at radius 2 is 2.10 bits per heavy atom. The first-order valence-electron chi connectivity index (χ1n) is 3.25. The zero-order valence-corrected chi connectivity index (χ0v) is 6.81. The summed E-state index contributed by atoms with van der Waals surface area (Å²) >= 11 is 0. The van der Waals surface area contributed by atoms with Crippen molar-refractivity contribution in [1.82, 2.24) is 0 Å². The highest BCUT2D eigenvalue weighted by Gasteiger charge is 2.10. The van der Waals surface area contributed by atoms with Crippen molar-refractivity contribution >= 4 is 5.78 Å². The lowest BCUT2D eigenvalue weighted by molar-refractivity contribution is -0.123. The normalized spacial score (nSPS) is 11.1. The molecular weight excluding hydrogens is 128 g/mol. The fourth-order valence-electron chi connectivity index (χ4n) is 0.347. The smallest absolute Gasteiger partial charge is 0.180 e. The van der Waals surface area contributed by atoms with E-state index in [2.05, 4.69) is 6.58 Å². The lowest BCUT2D eigenvalue weighted by Crippen LogP contribution is -2.22. The third-order valence-electron chi connectivity index (χ3n) is 0.875. The van der Waals surface area contributed by atoms with Crippen LogP contribution < -0.4 is 0 Å². The van der Waals surface area contributed by atoms with E-state index in [0.29, 0.717) is 0 Å². The van der Waals surface area contributed by atoms with E-state index >= 15 is 0 Å². The van der Waals surface area contributed by atoms with E-state index in [1.165, 1.54) is 6.08 Å². The van der Waals surface area contributed by atoms with E-state index in [0.717, 1.165) is 0 Å². The molecule has 0 heterocycles. The summed E-state index contributed by atoms with van der Waals surface area (Å²) in [5, 5.41) is 0. The number of carbonyl (C=O) groups excluding carboxylic acids is 1. The van der Waals surface area contributed by atoms with E-state index in [4.69, 9.17) is 4.74 Å². The van der Waals surface area contributed by atoms with Gasteiger partial charge in [0.2, 0.25) is 0 Å². The molecule has 0 saturated heterocycles. The van der Waals surface area contributed by atoms with Crippen LogP contribution in [0.15, 0.2) is 12.7 Å². The van der Waals surface area contributed by atoms with Gasteiger partial charge in [-0.25, -0.2) is 0 Å². The molecule has 0 aliphatic heterocycles. The van der Waals surface area contributed by atoms with E-state index in [1.54, 1.807) is 0 Å². The average molecular weight is 142 g/mol. The van der Waals surface area contributed by atoms with Crippen molar-refractivity contribution in [3.05, 3.63) is 12.7 Å². The minimum absolute atomic E-state index is 0.0741. The standard InChI is InChI=1S/C8H14O2/c1-5-7(9)6-10-8(2,3)4/h5H,1,6H2,2-4H3. The first kappa shape index (κ1) is 9.37. The molecule has 0 aliphatic rings. The molecule has 2 heteroatoms. The molecule has 0 aromatic heterocycles. The van der Waals surface area contributed by atoms with Crippen LogP contribution in [-0.4, -0.2) is 18.0 Å². The van der Waals surface area contributed by atoms with Crippen LogP contribution in [-0.2, 0) is 9.53 Å². The second kappa shape index (κ2) is 3.52. The van der Waals surface area contributed by atoms with Gasteiger partial charge in [0, 0.05) is 0 Å². The van der Waals surface area contributed by atoms with Crippen LogP contribution in [0.4, 0.5) is 0 Å². The quantitative estimate of drug-likeness (QED) is 0.559. The molecule has 0 saturated carbocycles. The van der Waals surface area contributed by atoms with E-state index in [1.807, 2.05) is 20.8 Å². The molecule has 0 bridgehead atoms. The highest BCUT2D eigenvalue weighted by Crippen LogP contribution is 2.05. The molecule has 58 valence electrons. The maximum absolute atomic E-state index is 10.6. The zero-order valence-electron chi connectivity index (χ0n) is 6.81. The minimum Gasteiger partial charge on any atom is -0.368 e. The van der Waals surface area contributed by atoms with Gasteiger partial charge in [0.05, 0.1) is 5.60 Å². The Kier molecular flexibility index (Phi) is 3.30. The molecule has 0 fully saturated rings. The molecule has 0 rings (SSSR count). The van der Waals surface area contributed by atoms with Gasteiger partial charge in [-0.2, -0.15) is 0 Å². The highest BCUT2D eigenvalue weighted by molar-refractivity contribution is 5.90. The summed E-state index contributed by atoms with van der Waals surface area (Å²) in [5.41, 5.74) is -0.237. The molecule has 0 spiro atoms. The summed E-state index contributed by atoms with van der Waals surface area (Å²) in [7, 11) is 0. The minimum atomic E-state index is -0.237. The van der Waals surface area contributed by atoms with Gasteiger partial charge < -0.3 is 4.74 Å². The Balaban J connectivity index is 3.55. The van der Waals surface area contributed by atoms with E-state index in [9.17, 15) is 4.79 Å². The molecule has 0 radical (unpaired) electrons. The van der Waals surface area contributed by atoms with Crippen LogP contribution in [0.3, 0.4) is 0 Å². The van der Waals surface area contributed by atoms with Gasteiger partial charge in [0.1, 0.15) is 6.61 Å². The molecule has 0 amide bonds. The van der Waals surface area contributed by atoms with Gasteiger partial charge in [-0.3, -0.25) is 4.79 Å². The number of ether oxygens (including phenoxy) is 1. The third kappa shape index (κ3) is 5.51. The number of carbonyl (C=O) groups is 1. The summed E-state index contributed by atoms with van der Waals surface area (Å²) in [6.45, 7) is 9.18. The molecular formula is C8H14O2. The first-order chi connectivity index (χ1) is 4.45. The molecule has 10 heavy (non-hydrogen) atoms. The second-order valence-corrected chi connectivity index (χ2v) is 3.07. The van der Waals surface area contributed by atoms with Crippen molar-refractivity contribution < 1.29 is 9.53 Å². The maximum Gasteiger partial charge on any atom is 0.180 e. The summed E-state index contributed by atoms with van der Waals surface area (Å²) in [6.07, 6.45) is 1.27. The lowest BCUT2D eigenvalue weighted by atomic mass is 10.2. The van der Waals surface area contributed by atoms with Crippen molar-refractivity contribution in [3.63, 3.8) is 0 Å². The average Bonchev–Trinajstić information content (AvgIpc) is 1.81. The molecule has 0 unspecified atom stereocenters. The summed E-state index contributed by atoms with van der Waals surface area (Å²) in [4.78, 5) is 10.6. The Morgan fingerprint density at radius 1 is 1.60 bits per heavy atom. The number of hydrogen-bond acceptors (Lipinski definition) is 2. The molecule has 0 aromatic rings. The van der Waals surface area contributed by atoms with Crippen molar-refractivity contribution in [2.24, 2.45) is 0 Å². The van der Waals surface area contributed by atoms with Gasteiger partial charge in [-0.05, 0) is 26.8 Å². The Labute approximate surface area is 61.9 Å². The van der Waals surface area contributed by atoms with Crippen LogP contribution in [0.25, 0.3) is 0 Å². The van der Waals surface area contributed by atoms with Crippen molar-refractivity contribution in [2.75, 3.05) is 6.61 Å². The number of hydrogen-bond donors (Lipinski definition) is 0. The Morgan fingerprint density at radius 3 is 2.40 bits per heavy atom. The van der Waals surface area contributed by atoms with Gasteiger partial charge >= 0.3 is 0 Å². The summed E-state index contributed by atoms with van der Waals surface area (Å²) in [5.74, 6) is -0.0741. The summed E-state index contributed by atoms with van der Waals surface area (Å²) in [6, 6.07) is 0. The number of rotatable bonds is 3. The fourth-order valence-corrected chi connectivity index (χ4v) is 0.347. The van der Waals surface area contributed by atoms with Gasteiger partial charge in [-0.15, -0.1) is 0 Å². The van der Waals surface area contributed by atoms with Crippen LogP contribution in [0.1, 0.15) is 20.8 Å². The summed E-state index contributed by atoms with van der Waals surface area (Å²) < 4.78 is 5.16. The lowest BCUT2D eigenvalue weighted by Gasteiger charge is -2.17. The Bertz CT molecular complexity index is 131. The Hall–Kier alpha value is -0.630. The monoisotopic (exact) mass is 142 g/mol. The van der Waals surface area contributed by atoms with E-state index in [-0.39, 0.29) is 18.0 Å². The van der Waals surface area contributed by atoms with Crippen LogP contribution in [0, 0.1) is 0 Å². The largest absolute Gasteiger partial charge is 0.368 e. The van der Waals surface area contributed by atoms with Crippen molar-refractivity contribution in [1.29, 1.82) is 0 Å². The zero-order chi connectivity index (χ0) is 8.20. The van der Waals surface area contributed by atoms with E-state index < -0.39 is 0 Å². The predicted molar refractivity (Wildman–Crippen MR) is 40.9 cm³/mol. The number of ketones is 1. The van der Waals surface area contributed by atoms with Crippen LogP contribution in [0.5, 0.6) is 0 Å². The predicted octanol–water partition coefficient (Wildman–Crippen LogP) is 1.56. The molecule has 2 nitrogen and oxygen atoms in total. The molecule has 0 aliphatic carbocycles. The molecule has 0 aromatic carbocycles.